The van der Waals surface area contributed by atoms with Gasteiger partial charge in [-0.15, -0.1) is 0 Å². The molecule has 1 saturated carbocycles. The van der Waals surface area contributed by atoms with Crippen molar-refractivity contribution in [3.8, 4) is 0 Å². The van der Waals surface area contributed by atoms with Gasteiger partial charge >= 0.3 is 0 Å². The van der Waals surface area contributed by atoms with Crippen LogP contribution in [-0.4, -0.2) is 59.5 Å². The van der Waals surface area contributed by atoms with Crippen LogP contribution in [0.2, 0.25) is 0 Å². The predicted molar refractivity (Wildman–Crippen MR) is 103 cm³/mol. The molecule has 1 aromatic heterocycles. The minimum Gasteiger partial charge on any atom is -0.356 e. The highest BCUT2D eigenvalue weighted by atomic mass is 16.1. The SMILES string of the molecule is O=C(NCC1CC1)[C@H]1CCCN(C2CCN(Cc3ccncc3)CC2)C1. The molecule has 0 radical (unpaired) electrons. The minimum atomic E-state index is 0.206. The standard InChI is InChI=1S/C21H32N4O/c26-21(23-14-17-3-4-17)19-2-1-11-25(16-19)20-7-12-24(13-8-20)15-18-5-9-22-10-6-18/h5-6,9-10,17,19-20H,1-4,7-8,11-16H2,(H,23,26)/t19-/m0/s1. The molecule has 26 heavy (non-hydrogen) atoms. The summed E-state index contributed by atoms with van der Waals surface area (Å²) in [7, 11) is 0. The number of hydrogen-bond donors (Lipinski definition) is 1. The van der Waals surface area contributed by atoms with Crippen molar-refractivity contribution >= 4 is 5.91 Å². The van der Waals surface area contributed by atoms with Crippen LogP contribution in [0.3, 0.4) is 0 Å². The number of piperidine rings is 2. The van der Waals surface area contributed by atoms with Crippen LogP contribution in [0.1, 0.15) is 44.1 Å². The molecule has 3 fully saturated rings. The second-order valence-electron chi connectivity index (χ2n) is 8.39. The van der Waals surface area contributed by atoms with Crippen LogP contribution in [0, 0.1) is 11.8 Å². The normalized spacial score (nSPS) is 25.9. The number of hydrogen-bond acceptors (Lipinski definition) is 4. The summed E-state index contributed by atoms with van der Waals surface area (Å²) in [6, 6.07) is 4.88. The quantitative estimate of drug-likeness (QED) is 0.850. The summed E-state index contributed by atoms with van der Waals surface area (Å²) in [5.74, 6) is 1.28. The highest BCUT2D eigenvalue weighted by molar-refractivity contribution is 5.79. The number of rotatable bonds is 6. The summed E-state index contributed by atoms with van der Waals surface area (Å²) in [5.41, 5.74) is 1.35. The van der Waals surface area contributed by atoms with Crippen molar-refractivity contribution in [1.82, 2.24) is 20.1 Å². The molecule has 1 aromatic rings. The van der Waals surface area contributed by atoms with Gasteiger partial charge in [-0.05, 0) is 81.8 Å². The van der Waals surface area contributed by atoms with Crippen molar-refractivity contribution in [1.29, 1.82) is 0 Å². The van der Waals surface area contributed by atoms with Crippen molar-refractivity contribution < 1.29 is 4.79 Å². The van der Waals surface area contributed by atoms with E-state index in [1.807, 2.05) is 12.4 Å². The van der Waals surface area contributed by atoms with Gasteiger partial charge in [-0.3, -0.25) is 19.6 Å². The second-order valence-corrected chi connectivity index (χ2v) is 8.39. The van der Waals surface area contributed by atoms with E-state index in [4.69, 9.17) is 0 Å². The summed E-state index contributed by atoms with van der Waals surface area (Å²) in [4.78, 5) is 21.7. The maximum atomic E-state index is 12.5. The number of nitrogens with one attached hydrogen (secondary N) is 1. The number of carbonyl (C=O) groups excluding carboxylic acids is 1. The first-order valence-corrected chi connectivity index (χ1v) is 10.4. The first kappa shape index (κ1) is 17.9. The lowest BCUT2D eigenvalue weighted by molar-refractivity contribution is -0.127. The first-order chi connectivity index (χ1) is 12.8. The van der Waals surface area contributed by atoms with Crippen LogP contribution in [0.25, 0.3) is 0 Å². The Kier molecular flexibility index (Phi) is 5.85. The average Bonchev–Trinajstić information content (AvgIpc) is 3.52. The van der Waals surface area contributed by atoms with Crippen molar-refractivity contribution in [3.05, 3.63) is 30.1 Å². The van der Waals surface area contributed by atoms with Gasteiger partial charge in [0.05, 0.1) is 5.92 Å². The first-order valence-electron chi connectivity index (χ1n) is 10.4. The Morgan fingerprint density at radius 2 is 1.85 bits per heavy atom. The monoisotopic (exact) mass is 356 g/mol. The lowest BCUT2D eigenvalue weighted by atomic mass is 9.93. The number of carbonyl (C=O) groups is 1. The molecular weight excluding hydrogens is 324 g/mol. The van der Waals surface area contributed by atoms with Gasteiger partial charge in [-0.1, -0.05) is 0 Å². The molecule has 0 bridgehead atoms. The van der Waals surface area contributed by atoms with E-state index in [0.717, 1.165) is 45.1 Å². The van der Waals surface area contributed by atoms with Crippen LogP contribution in [0.4, 0.5) is 0 Å². The Hall–Kier alpha value is -1.46. The maximum absolute atomic E-state index is 12.5. The predicted octanol–water partition coefficient (Wildman–Crippen LogP) is 2.28. The smallest absolute Gasteiger partial charge is 0.224 e. The molecular formula is C21H32N4O. The molecule has 3 heterocycles. The Morgan fingerprint density at radius 3 is 2.58 bits per heavy atom. The molecule has 3 aliphatic rings. The third-order valence-electron chi connectivity index (χ3n) is 6.31. The average molecular weight is 357 g/mol. The molecule has 4 rings (SSSR count). The largest absolute Gasteiger partial charge is 0.356 e. The minimum absolute atomic E-state index is 0.206. The van der Waals surface area contributed by atoms with E-state index < -0.39 is 0 Å². The van der Waals surface area contributed by atoms with E-state index in [0.29, 0.717) is 11.9 Å². The summed E-state index contributed by atoms with van der Waals surface area (Å²) in [6.45, 7) is 6.38. The van der Waals surface area contributed by atoms with Gasteiger partial charge in [-0.25, -0.2) is 0 Å². The summed E-state index contributed by atoms with van der Waals surface area (Å²) in [5, 5.41) is 3.19. The highest BCUT2D eigenvalue weighted by Crippen LogP contribution is 2.28. The molecule has 1 aliphatic carbocycles. The van der Waals surface area contributed by atoms with E-state index in [-0.39, 0.29) is 5.92 Å². The van der Waals surface area contributed by atoms with Gasteiger partial charge in [0, 0.05) is 38.1 Å². The summed E-state index contributed by atoms with van der Waals surface area (Å²) in [6.07, 6.45) is 11.0. The molecule has 5 heteroatoms. The van der Waals surface area contributed by atoms with Gasteiger partial charge in [-0.2, -0.15) is 0 Å². The second kappa shape index (κ2) is 8.49. The van der Waals surface area contributed by atoms with E-state index in [9.17, 15) is 4.79 Å². The molecule has 5 nitrogen and oxygen atoms in total. The Labute approximate surface area is 157 Å². The van der Waals surface area contributed by atoms with Crippen molar-refractivity contribution in [2.45, 2.75) is 51.1 Å². The third-order valence-corrected chi connectivity index (χ3v) is 6.31. The molecule has 0 spiro atoms. The van der Waals surface area contributed by atoms with Gasteiger partial charge in [0.15, 0.2) is 0 Å². The zero-order chi connectivity index (χ0) is 17.8. The van der Waals surface area contributed by atoms with Crippen molar-refractivity contribution in [3.63, 3.8) is 0 Å². The molecule has 2 aliphatic heterocycles. The highest BCUT2D eigenvalue weighted by Gasteiger charge is 2.32. The van der Waals surface area contributed by atoms with Crippen LogP contribution in [-0.2, 0) is 11.3 Å². The Morgan fingerprint density at radius 1 is 1.08 bits per heavy atom. The topological polar surface area (TPSA) is 48.5 Å². The zero-order valence-corrected chi connectivity index (χ0v) is 15.8. The molecule has 1 amide bonds. The lowest BCUT2D eigenvalue weighted by Crippen LogP contribution is -2.50. The van der Waals surface area contributed by atoms with Crippen molar-refractivity contribution in [2.75, 3.05) is 32.7 Å². The number of aromatic nitrogens is 1. The van der Waals surface area contributed by atoms with E-state index >= 15 is 0 Å². The van der Waals surface area contributed by atoms with Crippen LogP contribution in [0.15, 0.2) is 24.5 Å². The van der Waals surface area contributed by atoms with Gasteiger partial charge < -0.3 is 5.32 Å². The Balaban J connectivity index is 1.22. The van der Waals surface area contributed by atoms with E-state index in [1.165, 1.54) is 44.2 Å². The summed E-state index contributed by atoms with van der Waals surface area (Å²) < 4.78 is 0. The number of likely N-dealkylation sites (tertiary alicyclic amines) is 2. The number of pyridine rings is 1. The van der Waals surface area contributed by atoms with Crippen LogP contribution >= 0.6 is 0 Å². The van der Waals surface area contributed by atoms with E-state index in [2.05, 4.69) is 32.2 Å². The van der Waals surface area contributed by atoms with Gasteiger partial charge in [0.25, 0.3) is 0 Å². The maximum Gasteiger partial charge on any atom is 0.224 e. The fraction of sp³-hybridized carbons (Fsp3) is 0.714. The van der Waals surface area contributed by atoms with Gasteiger partial charge in [0.1, 0.15) is 0 Å². The fourth-order valence-electron chi connectivity index (χ4n) is 4.45. The molecule has 0 aromatic carbocycles. The lowest BCUT2D eigenvalue weighted by Gasteiger charge is -2.42. The van der Waals surface area contributed by atoms with E-state index in [1.54, 1.807) is 0 Å². The number of amides is 1. The molecule has 0 unspecified atom stereocenters. The fourth-order valence-corrected chi connectivity index (χ4v) is 4.45. The summed E-state index contributed by atoms with van der Waals surface area (Å²) >= 11 is 0. The molecule has 142 valence electrons. The van der Waals surface area contributed by atoms with Crippen molar-refractivity contribution in [2.24, 2.45) is 11.8 Å². The zero-order valence-electron chi connectivity index (χ0n) is 15.8. The number of nitrogens with zero attached hydrogens (tertiary/aromatic N) is 3. The van der Waals surface area contributed by atoms with Crippen LogP contribution < -0.4 is 5.32 Å². The van der Waals surface area contributed by atoms with Gasteiger partial charge in [0.2, 0.25) is 5.91 Å². The molecule has 1 atom stereocenters. The molecule has 2 saturated heterocycles. The Bertz CT molecular complexity index is 581. The third kappa shape index (κ3) is 4.83. The van der Waals surface area contributed by atoms with Crippen LogP contribution in [0.5, 0.6) is 0 Å². The molecule has 1 N–H and O–H groups in total.